The van der Waals surface area contributed by atoms with Crippen molar-refractivity contribution in [3.63, 3.8) is 0 Å². The van der Waals surface area contributed by atoms with E-state index in [2.05, 4.69) is 11.8 Å². The van der Waals surface area contributed by atoms with E-state index in [-0.39, 0.29) is 5.41 Å². The molecule has 1 aliphatic carbocycles. The molecule has 98 valence electrons. The summed E-state index contributed by atoms with van der Waals surface area (Å²) in [4.78, 5) is 3.41. The molecule has 17 heavy (non-hydrogen) atoms. The number of hydrogen-bond acceptors (Lipinski definition) is 2. The number of nitrogens with zero attached hydrogens (tertiary/aromatic N) is 1. The Bertz CT molecular complexity index is 271. The summed E-state index contributed by atoms with van der Waals surface area (Å²) < 4.78 is 0. The molecule has 2 nitrogen and oxygen atoms in total. The molecule has 0 aromatic carbocycles. The summed E-state index contributed by atoms with van der Waals surface area (Å²) in [5.74, 6) is 0. The van der Waals surface area contributed by atoms with Crippen molar-refractivity contribution in [2.24, 2.45) is 11.1 Å². The molecule has 3 heteroatoms. The molecule has 1 saturated carbocycles. The number of nitrogens with two attached hydrogens (primary N) is 1. The summed E-state index contributed by atoms with van der Waals surface area (Å²) in [6.07, 6.45) is 10.5. The molecule has 1 heterocycles. The van der Waals surface area contributed by atoms with Crippen LogP contribution in [0.25, 0.3) is 0 Å². The lowest BCUT2D eigenvalue weighted by Gasteiger charge is -2.44. The molecule has 1 aliphatic heterocycles. The largest absolute Gasteiger partial charge is 0.393 e. The Labute approximate surface area is 111 Å². The van der Waals surface area contributed by atoms with Crippen LogP contribution in [0.15, 0.2) is 0 Å². The van der Waals surface area contributed by atoms with Crippen LogP contribution < -0.4 is 5.73 Å². The highest BCUT2D eigenvalue weighted by molar-refractivity contribution is 7.80. The van der Waals surface area contributed by atoms with Gasteiger partial charge in [-0.1, -0.05) is 37.9 Å². The van der Waals surface area contributed by atoms with E-state index in [1.54, 1.807) is 0 Å². The molecule has 0 aromatic heterocycles. The lowest BCUT2D eigenvalue weighted by atomic mass is 9.73. The summed E-state index contributed by atoms with van der Waals surface area (Å²) in [6, 6.07) is 0.719. The molecule has 0 aromatic rings. The molecule has 1 saturated heterocycles. The minimum Gasteiger partial charge on any atom is -0.393 e. The third-order valence-corrected chi connectivity index (χ3v) is 5.21. The van der Waals surface area contributed by atoms with Gasteiger partial charge in [-0.25, -0.2) is 0 Å². The summed E-state index contributed by atoms with van der Waals surface area (Å²) >= 11 is 5.39. The molecular formula is C14H26N2S. The van der Waals surface area contributed by atoms with Crippen LogP contribution in [0.3, 0.4) is 0 Å². The second-order valence-electron chi connectivity index (χ2n) is 6.02. The third-order valence-electron chi connectivity index (χ3n) is 4.78. The summed E-state index contributed by atoms with van der Waals surface area (Å²) in [6.45, 7) is 4.71. The van der Waals surface area contributed by atoms with Gasteiger partial charge in [0, 0.05) is 18.0 Å². The highest BCUT2D eigenvalue weighted by Crippen LogP contribution is 2.38. The predicted octanol–water partition coefficient (Wildman–Crippen LogP) is 3.10. The Morgan fingerprint density at radius 1 is 1.24 bits per heavy atom. The maximum atomic E-state index is 6.07. The number of piperidine rings is 1. The van der Waals surface area contributed by atoms with E-state index in [9.17, 15) is 0 Å². The lowest BCUT2D eigenvalue weighted by Crippen LogP contribution is -2.50. The fraction of sp³-hybridized carbons (Fsp3) is 0.929. The van der Waals surface area contributed by atoms with Crippen LogP contribution in [0.5, 0.6) is 0 Å². The van der Waals surface area contributed by atoms with E-state index in [0.717, 1.165) is 17.6 Å². The quantitative estimate of drug-likeness (QED) is 0.785. The maximum Gasteiger partial charge on any atom is 0.0802 e. The molecule has 2 aliphatic rings. The van der Waals surface area contributed by atoms with Gasteiger partial charge in [0.15, 0.2) is 0 Å². The smallest absolute Gasteiger partial charge is 0.0802 e. The molecule has 2 rings (SSSR count). The maximum absolute atomic E-state index is 6.07. The molecule has 0 bridgehead atoms. The molecular weight excluding hydrogens is 228 g/mol. The van der Waals surface area contributed by atoms with Gasteiger partial charge in [0.05, 0.1) is 4.99 Å². The van der Waals surface area contributed by atoms with Gasteiger partial charge in [-0.15, -0.1) is 0 Å². The molecule has 2 fully saturated rings. The Kier molecular flexibility index (Phi) is 4.42. The van der Waals surface area contributed by atoms with Gasteiger partial charge in [0.1, 0.15) is 0 Å². The zero-order valence-electron chi connectivity index (χ0n) is 11.1. The van der Waals surface area contributed by atoms with Gasteiger partial charge in [-0.05, 0) is 39.2 Å². The van der Waals surface area contributed by atoms with Crippen molar-refractivity contribution in [2.75, 3.05) is 13.1 Å². The van der Waals surface area contributed by atoms with Crippen molar-refractivity contribution in [1.82, 2.24) is 4.90 Å². The van der Waals surface area contributed by atoms with Crippen LogP contribution in [-0.4, -0.2) is 29.0 Å². The molecule has 1 unspecified atom stereocenters. The van der Waals surface area contributed by atoms with E-state index in [4.69, 9.17) is 18.0 Å². The van der Waals surface area contributed by atoms with Gasteiger partial charge in [0.25, 0.3) is 0 Å². The number of rotatable bonds is 3. The standard InChI is InChI=1S/C14H26N2S/c1-12-7-3-6-10-16(12)11-14(13(15)17)8-4-2-5-9-14/h12H,2-11H2,1H3,(H2,15,17). The van der Waals surface area contributed by atoms with Gasteiger partial charge in [-0.2, -0.15) is 0 Å². The number of thiocarbonyl (C=S) groups is 1. The van der Waals surface area contributed by atoms with Gasteiger partial charge >= 0.3 is 0 Å². The van der Waals surface area contributed by atoms with Gasteiger partial charge < -0.3 is 5.73 Å². The average Bonchev–Trinajstić information content (AvgIpc) is 2.33. The van der Waals surface area contributed by atoms with Crippen molar-refractivity contribution in [1.29, 1.82) is 0 Å². The van der Waals surface area contributed by atoms with Crippen LogP contribution in [0, 0.1) is 5.41 Å². The van der Waals surface area contributed by atoms with Crippen molar-refractivity contribution in [2.45, 2.75) is 64.3 Å². The van der Waals surface area contributed by atoms with Crippen molar-refractivity contribution < 1.29 is 0 Å². The molecule has 0 radical (unpaired) electrons. The van der Waals surface area contributed by atoms with E-state index in [1.165, 1.54) is 57.9 Å². The molecule has 0 spiro atoms. The summed E-state index contributed by atoms with van der Waals surface area (Å²) in [5, 5.41) is 0. The van der Waals surface area contributed by atoms with Crippen LogP contribution in [0.4, 0.5) is 0 Å². The lowest BCUT2D eigenvalue weighted by molar-refractivity contribution is 0.1000. The topological polar surface area (TPSA) is 29.3 Å². The second-order valence-corrected chi connectivity index (χ2v) is 6.46. The van der Waals surface area contributed by atoms with E-state index in [0.29, 0.717) is 0 Å². The second kappa shape index (κ2) is 5.66. The van der Waals surface area contributed by atoms with Crippen molar-refractivity contribution in [3.05, 3.63) is 0 Å². The first-order valence-corrected chi connectivity index (χ1v) is 7.59. The first-order chi connectivity index (χ1) is 8.14. The molecule has 0 amide bonds. The number of likely N-dealkylation sites (tertiary alicyclic amines) is 1. The van der Waals surface area contributed by atoms with Crippen molar-refractivity contribution in [3.8, 4) is 0 Å². The predicted molar refractivity (Wildman–Crippen MR) is 77.2 cm³/mol. The zero-order chi connectivity index (χ0) is 12.3. The fourth-order valence-electron chi connectivity index (χ4n) is 3.49. The molecule has 1 atom stereocenters. The first kappa shape index (κ1) is 13.3. The highest BCUT2D eigenvalue weighted by atomic mass is 32.1. The minimum absolute atomic E-state index is 0.152. The minimum atomic E-state index is 0.152. The summed E-state index contributed by atoms with van der Waals surface area (Å²) in [5.41, 5.74) is 6.22. The highest BCUT2D eigenvalue weighted by Gasteiger charge is 2.37. The Morgan fingerprint density at radius 2 is 1.94 bits per heavy atom. The average molecular weight is 254 g/mol. The van der Waals surface area contributed by atoms with E-state index >= 15 is 0 Å². The monoisotopic (exact) mass is 254 g/mol. The van der Waals surface area contributed by atoms with Crippen LogP contribution in [-0.2, 0) is 0 Å². The van der Waals surface area contributed by atoms with Crippen molar-refractivity contribution >= 4 is 17.2 Å². The SMILES string of the molecule is CC1CCCCN1CC1(C(N)=S)CCCCC1. The van der Waals surface area contributed by atoms with E-state index < -0.39 is 0 Å². The summed E-state index contributed by atoms with van der Waals surface area (Å²) in [7, 11) is 0. The Morgan fingerprint density at radius 3 is 2.53 bits per heavy atom. The normalized spacial score (nSPS) is 30.1. The van der Waals surface area contributed by atoms with Crippen LogP contribution in [0.2, 0.25) is 0 Å². The van der Waals surface area contributed by atoms with Crippen LogP contribution in [0.1, 0.15) is 58.3 Å². The van der Waals surface area contributed by atoms with E-state index in [1.807, 2.05) is 0 Å². The fourth-order valence-corrected chi connectivity index (χ4v) is 3.76. The number of hydrogen-bond donors (Lipinski definition) is 1. The Hall–Kier alpha value is -0.150. The first-order valence-electron chi connectivity index (χ1n) is 7.18. The Balaban J connectivity index is 2.03. The van der Waals surface area contributed by atoms with Gasteiger partial charge in [-0.3, -0.25) is 4.90 Å². The van der Waals surface area contributed by atoms with Gasteiger partial charge in [0.2, 0.25) is 0 Å². The zero-order valence-corrected chi connectivity index (χ0v) is 11.9. The third kappa shape index (κ3) is 3.00. The molecule has 2 N–H and O–H groups in total. The van der Waals surface area contributed by atoms with Crippen LogP contribution >= 0.6 is 12.2 Å².